The van der Waals surface area contributed by atoms with E-state index in [-0.39, 0.29) is 0 Å². The second-order valence-corrected chi connectivity index (χ2v) is 6.43. The van der Waals surface area contributed by atoms with Crippen molar-refractivity contribution in [3.8, 4) is 0 Å². The molecule has 0 N–H and O–H groups in total. The Bertz CT molecular complexity index is 829. The van der Waals surface area contributed by atoms with E-state index in [0.717, 1.165) is 49.6 Å². The van der Waals surface area contributed by atoms with Gasteiger partial charge in [0.05, 0.1) is 11.0 Å². The molecule has 0 aliphatic carbocycles. The maximum atomic E-state index is 6.37. The van der Waals surface area contributed by atoms with Gasteiger partial charge in [-0.2, -0.15) is 0 Å². The minimum absolute atomic E-state index is 0.491. The Hall–Kier alpha value is -2.17. The van der Waals surface area contributed by atoms with Crippen LogP contribution in [-0.2, 0) is 6.54 Å². The van der Waals surface area contributed by atoms with Gasteiger partial charge in [0.2, 0.25) is 0 Å². The van der Waals surface area contributed by atoms with Crippen molar-refractivity contribution in [1.29, 1.82) is 0 Å². The third-order valence-electron chi connectivity index (χ3n) is 4.43. The third-order valence-corrected chi connectivity index (χ3v) is 4.69. The van der Waals surface area contributed by atoms with Crippen LogP contribution in [0.25, 0.3) is 11.0 Å². The lowest BCUT2D eigenvalue weighted by Gasteiger charge is -2.35. The van der Waals surface area contributed by atoms with Crippen molar-refractivity contribution in [3.63, 3.8) is 0 Å². The summed E-state index contributed by atoms with van der Waals surface area (Å²) in [6.07, 6.45) is 0. The largest absolute Gasteiger partial charge is 0.351 e. The highest BCUT2D eigenvalue weighted by atomic mass is 35.5. The first-order chi connectivity index (χ1) is 11.8. The molecule has 0 amide bonds. The van der Waals surface area contributed by atoms with Crippen molar-refractivity contribution in [2.24, 2.45) is 0 Å². The van der Waals surface area contributed by atoms with Gasteiger partial charge in [0.1, 0.15) is 0 Å². The van der Waals surface area contributed by atoms with Gasteiger partial charge in [-0.15, -0.1) is 0 Å². The predicted octanol–water partition coefficient (Wildman–Crippen LogP) is 3.61. The summed E-state index contributed by atoms with van der Waals surface area (Å²) in [5.41, 5.74) is 3.09. The molecule has 0 unspecified atom stereocenters. The van der Waals surface area contributed by atoms with Crippen molar-refractivity contribution in [3.05, 3.63) is 65.3 Å². The molecule has 122 valence electrons. The molecule has 1 aromatic heterocycles. The average molecular weight is 339 g/mol. The van der Waals surface area contributed by atoms with Crippen molar-refractivity contribution < 1.29 is 0 Å². The number of anilines is 1. The molecule has 2 heterocycles. The Balaban J connectivity index is 1.47. The number of aromatic nitrogens is 2. The quantitative estimate of drug-likeness (QED) is 0.730. The Morgan fingerprint density at radius 1 is 0.792 bits per heavy atom. The van der Waals surface area contributed by atoms with Gasteiger partial charge in [0, 0.05) is 32.7 Å². The zero-order valence-electron chi connectivity index (χ0n) is 13.4. The number of hydrogen-bond donors (Lipinski definition) is 0. The second kappa shape index (κ2) is 6.75. The van der Waals surface area contributed by atoms with E-state index in [9.17, 15) is 0 Å². The standard InChI is InChI=1S/C19H19ClN4/c20-18-19(22-17-9-5-4-8-16(17)21-18)24-12-10-23(11-13-24)14-15-6-2-1-3-7-15/h1-9H,10-14H2. The third kappa shape index (κ3) is 3.21. The van der Waals surface area contributed by atoms with Gasteiger partial charge in [-0.25, -0.2) is 9.97 Å². The molecule has 0 spiro atoms. The molecule has 3 aromatic rings. The van der Waals surface area contributed by atoms with Crippen molar-refractivity contribution in [2.45, 2.75) is 6.54 Å². The maximum Gasteiger partial charge on any atom is 0.172 e. The SMILES string of the molecule is Clc1nc2ccccc2nc1N1CCN(Cc2ccccc2)CC1. The van der Waals surface area contributed by atoms with Gasteiger partial charge in [0.15, 0.2) is 11.0 Å². The minimum atomic E-state index is 0.491. The molecule has 4 nitrogen and oxygen atoms in total. The van der Waals surface area contributed by atoms with Crippen LogP contribution in [-0.4, -0.2) is 41.0 Å². The second-order valence-electron chi connectivity index (χ2n) is 6.08. The summed E-state index contributed by atoms with van der Waals surface area (Å²) in [7, 11) is 0. The molecule has 0 radical (unpaired) electrons. The zero-order chi connectivity index (χ0) is 16.4. The fourth-order valence-electron chi connectivity index (χ4n) is 3.13. The van der Waals surface area contributed by atoms with Gasteiger partial charge < -0.3 is 4.90 Å². The van der Waals surface area contributed by atoms with E-state index in [1.165, 1.54) is 5.56 Å². The Morgan fingerprint density at radius 2 is 1.42 bits per heavy atom. The van der Waals surface area contributed by atoms with Crippen LogP contribution in [0, 0.1) is 0 Å². The van der Waals surface area contributed by atoms with Crippen molar-refractivity contribution in [1.82, 2.24) is 14.9 Å². The number of benzene rings is 2. The number of piperazine rings is 1. The van der Waals surface area contributed by atoms with Crippen molar-refractivity contribution in [2.75, 3.05) is 31.1 Å². The average Bonchev–Trinajstić information content (AvgIpc) is 2.63. The minimum Gasteiger partial charge on any atom is -0.351 e. The number of fused-ring (bicyclic) bond motifs is 1. The summed E-state index contributed by atoms with van der Waals surface area (Å²) in [4.78, 5) is 13.9. The fraction of sp³-hybridized carbons (Fsp3) is 0.263. The van der Waals surface area contributed by atoms with Gasteiger partial charge in [-0.3, -0.25) is 4.90 Å². The Labute approximate surface area is 146 Å². The monoisotopic (exact) mass is 338 g/mol. The van der Waals surface area contributed by atoms with Crippen LogP contribution in [0.15, 0.2) is 54.6 Å². The van der Waals surface area contributed by atoms with Gasteiger partial charge in [-0.1, -0.05) is 54.1 Å². The number of nitrogens with zero attached hydrogens (tertiary/aromatic N) is 4. The fourth-order valence-corrected chi connectivity index (χ4v) is 3.38. The van der Waals surface area contributed by atoms with E-state index in [0.29, 0.717) is 5.15 Å². The summed E-state index contributed by atoms with van der Waals surface area (Å²) in [5.74, 6) is 0.801. The molecular weight excluding hydrogens is 320 g/mol. The lowest BCUT2D eigenvalue weighted by molar-refractivity contribution is 0.249. The molecule has 5 heteroatoms. The van der Waals surface area contributed by atoms with E-state index < -0.39 is 0 Å². The predicted molar refractivity (Wildman–Crippen MR) is 98.5 cm³/mol. The Kier molecular flexibility index (Phi) is 4.32. The topological polar surface area (TPSA) is 32.3 Å². The van der Waals surface area contributed by atoms with Crippen LogP contribution in [0.1, 0.15) is 5.56 Å². The van der Waals surface area contributed by atoms with Crippen LogP contribution in [0.5, 0.6) is 0 Å². The van der Waals surface area contributed by atoms with Gasteiger partial charge >= 0.3 is 0 Å². The highest BCUT2D eigenvalue weighted by Gasteiger charge is 2.21. The zero-order valence-corrected chi connectivity index (χ0v) is 14.2. The van der Waals surface area contributed by atoms with Crippen LogP contribution in [0.3, 0.4) is 0 Å². The van der Waals surface area contributed by atoms with Gasteiger partial charge in [0.25, 0.3) is 0 Å². The smallest absolute Gasteiger partial charge is 0.172 e. The summed E-state index contributed by atoms with van der Waals surface area (Å²) in [6.45, 7) is 4.82. The van der Waals surface area contributed by atoms with Gasteiger partial charge in [-0.05, 0) is 17.7 Å². The van der Waals surface area contributed by atoms with Crippen LogP contribution in [0.2, 0.25) is 5.15 Å². The lowest BCUT2D eigenvalue weighted by Crippen LogP contribution is -2.46. The van der Waals surface area contributed by atoms with E-state index in [1.54, 1.807) is 0 Å². The summed E-state index contributed by atoms with van der Waals surface area (Å²) < 4.78 is 0. The number of para-hydroxylation sites is 2. The van der Waals surface area contributed by atoms with E-state index in [2.05, 4.69) is 45.1 Å². The van der Waals surface area contributed by atoms with Crippen LogP contribution >= 0.6 is 11.6 Å². The molecule has 24 heavy (non-hydrogen) atoms. The number of hydrogen-bond acceptors (Lipinski definition) is 4. The highest BCUT2D eigenvalue weighted by molar-refractivity contribution is 6.32. The van der Waals surface area contributed by atoms with Crippen molar-refractivity contribution >= 4 is 28.5 Å². The number of halogens is 1. The molecule has 0 saturated carbocycles. The molecule has 4 rings (SSSR count). The molecular formula is C19H19ClN4. The number of rotatable bonds is 3. The van der Waals surface area contributed by atoms with E-state index >= 15 is 0 Å². The molecule has 1 aliphatic heterocycles. The molecule has 2 aromatic carbocycles. The van der Waals surface area contributed by atoms with Crippen LogP contribution in [0.4, 0.5) is 5.82 Å². The summed E-state index contributed by atoms with van der Waals surface area (Å²) in [6, 6.07) is 18.5. The molecule has 1 fully saturated rings. The molecule has 1 aliphatic rings. The molecule has 0 atom stereocenters. The lowest BCUT2D eigenvalue weighted by atomic mass is 10.2. The maximum absolute atomic E-state index is 6.37. The highest BCUT2D eigenvalue weighted by Crippen LogP contribution is 2.25. The summed E-state index contributed by atoms with van der Waals surface area (Å²) >= 11 is 6.37. The van der Waals surface area contributed by atoms with Crippen LogP contribution < -0.4 is 4.90 Å². The molecule has 0 bridgehead atoms. The first-order valence-electron chi connectivity index (χ1n) is 8.23. The normalized spacial score (nSPS) is 15.8. The van der Waals surface area contributed by atoms with E-state index in [4.69, 9.17) is 16.6 Å². The first-order valence-corrected chi connectivity index (χ1v) is 8.61. The van der Waals surface area contributed by atoms with E-state index in [1.807, 2.05) is 24.3 Å². The first kappa shape index (κ1) is 15.4. The molecule has 1 saturated heterocycles. The Morgan fingerprint density at radius 3 is 2.12 bits per heavy atom. The summed E-state index contributed by atoms with van der Waals surface area (Å²) in [5, 5.41) is 0.491.